The van der Waals surface area contributed by atoms with Crippen molar-refractivity contribution in [3.63, 3.8) is 0 Å². The summed E-state index contributed by atoms with van der Waals surface area (Å²) in [5, 5.41) is 20.6. The number of carboxylic acids is 1. The molecule has 1 atom stereocenters. The van der Waals surface area contributed by atoms with Gasteiger partial charge in [-0.3, -0.25) is 10.1 Å². The molecule has 0 radical (unpaired) electrons. The van der Waals surface area contributed by atoms with Crippen LogP contribution < -0.4 is 19.5 Å². The molecule has 1 unspecified atom stereocenters. The van der Waals surface area contributed by atoms with E-state index in [1.807, 2.05) is 0 Å². The zero-order valence-corrected chi connectivity index (χ0v) is 11.7. The standard InChI is InChI=1S/C13H19NO6/c1-18-8-4-11(19-2)9(12(5-8)20-3)6-14-10(7-15)13(16)17/h4-5,10,14-15H,6-7H2,1-3H3,(H,16,17). The van der Waals surface area contributed by atoms with Gasteiger partial charge >= 0.3 is 5.97 Å². The van der Waals surface area contributed by atoms with E-state index in [4.69, 9.17) is 24.4 Å². The summed E-state index contributed by atoms with van der Waals surface area (Å²) in [6.45, 7) is -0.329. The van der Waals surface area contributed by atoms with Crippen LogP contribution in [0, 0.1) is 0 Å². The zero-order valence-electron chi connectivity index (χ0n) is 11.7. The Morgan fingerprint density at radius 1 is 1.20 bits per heavy atom. The maximum Gasteiger partial charge on any atom is 0.323 e. The molecule has 0 aromatic heterocycles. The Labute approximate surface area is 117 Å². The van der Waals surface area contributed by atoms with Crippen LogP contribution in [0.2, 0.25) is 0 Å². The van der Waals surface area contributed by atoms with Gasteiger partial charge < -0.3 is 24.4 Å². The number of hydrogen-bond donors (Lipinski definition) is 3. The lowest BCUT2D eigenvalue weighted by atomic mass is 10.1. The molecular weight excluding hydrogens is 266 g/mol. The van der Waals surface area contributed by atoms with Gasteiger partial charge in [0.1, 0.15) is 23.3 Å². The minimum Gasteiger partial charge on any atom is -0.496 e. The molecule has 0 aliphatic rings. The summed E-state index contributed by atoms with van der Waals surface area (Å²) in [6.07, 6.45) is 0. The van der Waals surface area contributed by atoms with Gasteiger partial charge in [0.05, 0.1) is 33.5 Å². The lowest BCUT2D eigenvalue weighted by Crippen LogP contribution is -2.39. The quantitative estimate of drug-likeness (QED) is 0.629. The van der Waals surface area contributed by atoms with Crippen molar-refractivity contribution in [2.75, 3.05) is 27.9 Å². The van der Waals surface area contributed by atoms with Crippen molar-refractivity contribution >= 4 is 5.97 Å². The largest absolute Gasteiger partial charge is 0.496 e. The first-order valence-corrected chi connectivity index (χ1v) is 5.93. The highest BCUT2D eigenvalue weighted by atomic mass is 16.5. The van der Waals surface area contributed by atoms with Crippen LogP contribution in [-0.2, 0) is 11.3 Å². The number of rotatable bonds is 8. The van der Waals surface area contributed by atoms with E-state index in [-0.39, 0.29) is 6.54 Å². The Kier molecular flexibility index (Phi) is 6.08. The third-order valence-electron chi connectivity index (χ3n) is 2.82. The number of aliphatic hydroxyl groups is 1. The second-order valence-electron chi connectivity index (χ2n) is 3.96. The van der Waals surface area contributed by atoms with Crippen LogP contribution in [-0.4, -0.2) is 50.2 Å². The molecule has 20 heavy (non-hydrogen) atoms. The van der Waals surface area contributed by atoms with Gasteiger partial charge in [-0.15, -0.1) is 0 Å². The van der Waals surface area contributed by atoms with Crippen molar-refractivity contribution in [1.29, 1.82) is 0 Å². The smallest absolute Gasteiger partial charge is 0.323 e. The predicted octanol–water partition coefficient (Wildman–Crippen LogP) is 0.247. The van der Waals surface area contributed by atoms with Crippen LogP contribution >= 0.6 is 0 Å². The molecule has 0 heterocycles. The van der Waals surface area contributed by atoms with Gasteiger partial charge in [0, 0.05) is 18.7 Å². The third-order valence-corrected chi connectivity index (χ3v) is 2.82. The van der Waals surface area contributed by atoms with E-state index >= 15 is 0 Å². The van der Waals surface area contributed by atoms with Crippen molar-refractivity contribution in [3.8, 4) is 17.2 Å². The molecule has 0 aliphatic carbocycles. The van der Waals surface area contributed by atoms with Gasteiger partial charge in [-0.25, -0.2) is 0 Å². The Morgan fingerprint density at radius 2 is 1.75 bits per heavy atom. The summed E-state index contributed by atoms with van der Waals surface area (Å²) in [5.41, 5.74) is 0.649. The number of ether oxygens (including phenoxy) is 3. The summed E-state index contributed by atoms with van der Waals surface area (Å²) in [4.78, 5) is 10.9. The first-order valence-electron chi connectivity index (χ1n) is 5.93. The van der Waals surface area contributed by atoms with Crippen LogP contribution in [0.25, 0.3) is 0 Å². The summed E-state index contributed by atoms with van der Waals surface area (Å²) < 4.78 is 15.6. The highest BCUT2D eigenvalue weighted by Gasteiger charge is 2.18. The Bertz CT molecular complexity index is 437. The Hall–Kier alpha value is -1.99. The van der Waals surface area contributed by atoms with E-state index in [9.17, 15) is 4.79 Å². The fourth-order valence-electron chi connectivity index (χ4n) is 1.71. The second kappa shape index (κ2) is 7.56. The van der Waals surface area contributed by atoms with Crippen molar-refractivity contribution in [2.45, 2.75) is 12.6 Å². The second-order valence-corrected chi connectivity index (χ2v) is 3.96. The minimum absolute atomic E-state index is 0.174. The van der Waals surface area contributed by atoms with Gasteiger partial charge in [0.25, 0.3) is 0 Å². The molecule has 7 heteroatoms. The van der Waals surface area contributed by atoms with Crippen LogP contribution in [0.1, 0.15) is 5.56 Å². The summed E-state index contributed by atoms with van der Waals surface area (Å²) in [6, 6.07) is 2.30. The van der Waals surface area contributed by atoms with Gasteiger partial charge in [-0.05, 0) is 0 Å². The molecule has 7 nitrogen and oxygen atoms in total. The predicted molar refractivity (Wildman–Crippen MR) is 71.4 cm³/mol. The molecule has 0 amide bonds. The molecular formula is C13H19NO6. The summed E-state index contributed by atoms with van der Waals surface area (Å²) >= 11 is 0. The van der Waals surface area contributed by atoms with Gasteiger partial charge in [0.2, 0.25) is 0 Å². The number of aliphatic carboxylic acids is 1. The van der Waals surface area contributed by atoms with Crippen molar-refractivity contribution in [1.82, 2.24) is 5.32 Å². The number of carboxylic acid groups (broad SMARTS) is 1. The molecule has 0 saturated heterocycles. The number of aliphatic hydroxyl groups excluding tert-OH is 1. The monoisotopic (exact) mass is 285 g/mol. The van der Waals surface area contributed by atoms with E-state index in [1.54, 1.807) is 12.1 Å². The summed E-state index contributed by atoms with van der Waals surface area (Å²) in [5.74, 6) is 0.463. The number of hydrogen-bond acceptors (Lipinski definition) is 6. The zero-order chi connectivity index (χ0) is 15.1. The maximum absolute atomic E-state index is 10.9. The SMILES string of the molecule is COc1cc(OC)c(CNC(CO)C(=O)O)c(OC)c1. The lowest BCUT2D eigenvalue weighted by molar-refractivity contribution is -0.140. The van der Waals surface area contributed by atoms with E-state index < -0.39 is 18.6 Å². The van der Waals surface area contributed by atoms with Crippen LogP contribution in [0.4, 0.5) is 0 Å². The fraction of sp³-hybridized carbons (Fsp3) is 0.462. The third kappa shape index (κ3) is 3.75. The molecule has 0 spiro atoms. The molecule has 1 aromatic carbocycles. The fourth-order valence-corrected chi connectivity index (χ4v) is 1.71. The first-order chi connectivity index (χ1) is 9.57. The van der Waals surface area contributed by atoms with Crippen LogP contribution in [0.15, 0.2) is 12.1 Å². The number of nitrogens with one attached hydrogen (secondary N) is 1. The number of carbonyl (C=O) groups is 1. The molecule has 1 aromatic rings. The highest BCUT2D eigenvalue weighted by Crippen LogP contribution is 2.33. The summed E-state index contributed by atoms with van der Waals surface area (Å²) in [7, 11) is 4.52. The van der Waals surface area contributed by atoms with Crippen molar-refractivity contribution in [3.05, 3.63) is 17.7 Å². The minimum atomic E-state index is -1.13. The highest BCUT2D eigenvalue weighted by molar-refractivity contribution is 5.73. The molecule has 0 aliphatic heterocycles. The molecule has 3 N–H and O–H groups in total. The van der Waals surface area contributed by atoms with E-state index in [0.29, 0.717) is 22.8 Å². The number of methoxy groups -OCH3 is 3. The normalized spacial score (nSPS) is 11.8. The molecule has 112 valence electrons. The van der Waals surface area contributed by atoms with E-state index in [2.05, 4.69) is 5.32 Å². The Balaban J connectivity index is 3.00. The average molecular weight is 285 g/mol. The molecule has 0 saturated carbocycles. The van der Waals surface area contributed by atoms with Gasteiger partial charge in [0.15, 0.2) is 0 Å². The van der Waals surface area contributed by atoms with Crippen LogP contribution in [0.5, 0.6) is 17.2 Å². The van der Waals surface area contributed by atoms with Gasteiger partial charge in [-0.1, -0.05) is 0 Å². The van der Waals surface area contributed by atoms with Crippen molar-refractivity contribution in [2.24, 2.45) is 0 Å². The Morgan fingerprint density at radius 3 is 2.10 bits per heavy atom. The first kappa shape index (κ1) is 16.1. The number of benzene rings is 1. The van der Waals surface area contributed by atoms with Crippen LogP contribution in [0.3, 0.4) is 0 Å². The van der Waals surface area contributed by atoms with Crippen molar-refractivity contribution < 1.29 is 29.2 Å². The lowest BCUT2D eigenvalue weighted by Gasteiger charge is -2.17. The van der Waals surface area contributed by atoms with Gasteiger partial charge in [-0.2, -0.15) is 0 Å². The molecule has 0 fully saturated rings. The van der Waals surface area contributed by atoms with E-state index in [1.165, 1.54) is 21.3 Å². The topological polar surface area (TPSA) is 97.2 Å². The molecule has 1 rings (SSSR count). The molecule has 0 bridgehead atoms. The maximum atomic E-state index is 10.9. The van der Waals surface area contributed by atoms with E-state index in [0.717, 1.165) is 0 Å². The average Bonchev–Trinajstić information content (AvgIpc) is 2.46.